The summed E-state index contributed by atoms with van der Waals surface area (Å²) in [5, 5.41) is 2.99. The third-order valence-electron chi connectivity index (χ3n) is 4.99. The Balaban J connectivity index is 1.61. The van der Waals surface area contributed by atoms with E-state index in [1.807, 2.05) is 79.8 Å². The average molecular weight is 397 g/mol. The van der Waals surface area contributed by atoms with E-state index in [0.717, 1.165) is 23.5 Å². The maximum Gasteiger partial charge on any atom is 0.256 e. The second-order valence-corrected chi connectivity index (χ2v) is 6.96. The van der Waals surface area contributed by atoms with Gasteiger partial charge in [-0.3, -0.25) is 4.79 Å². The summed E-state index contributed by atoms with van der Waals surface area (Å²) < 4.78 is 5.96. The Bertz CT molecular complexity index is 1150. The summed E-state index contributed by atoms with van der Waals surface area (Å²) in [6.45, 7) is 2.97. The van der Waals surface area contributed by atoms with Crippen LogP contribution in [0.2, 0.25) is 0 Å². The number of hydrogen-bond acceptors (Lipinski definition) is 4. The molecule has 0 unspecified atom stereocenters. The molecular weight excluding hydrogens is 374 g/mol. The minimum absolute atomic E-state index is 0.207. The van der Waals surface area contributed by atoms with Crippen molar-refractivity contribution in [3.05, 3.63) is 90.6 Å². The van der Waals surface area contributed by atoms with Gasteiger partial charge in [-0.15, -0.1) is 0 Å². The molecule has 4 aromatic rings. The summed E-state index contributed by atoms with van der Waals surface area (Å²) in [4.78, 5) is 19.6. The molecule has 0 aliphatic rings. The molecule has 0 atom stereocenters. The van der Waals surface area contributed by atoms with Gasteiger partial charge >= 0.3 is 0 Å². The minimum Gasteiger partial charge on any atom is -0.436 e. The van der Waals surface area contributed by atoms with Crippen LogP contribution in [0, 0.1) is 0 Å². The number of carbonyl (C=O) groups excluding carboxylic acids is 1. The molecule has 0 aliphatic carbocycles. The molecule has 30 heavy (non-hydrogen) atoms. The summed E-state index contributed by atoms with van der Waals surface area (Å²) in [6, 6.07) is 24.9. The predicted octanol–water partition coefficient (Wildman–Crippen LogP) is 5.72. The lowest BCUT2D eigenvalue weighted by atomic mass is 10.1. The molecule has 1 amide bonds. The van der Waals surface area contributed by atoms with Crippen molar-refractivity contribution in [2.75, 3.05) is 23.8 Å². The van der Waals surface area contributed by atoms with E-state index in [0.29, 0.717) is 22.8 Å². The maximum absolute atomic E-state index is 13.0. The number of rotatable bonds is 6. The van der Waals surface area contributed by atoms with Crippen molar-refractivity contribution >= 4 is 17.3 Å². The summed E-state index contributed by atoms with van der Waals surface area (Å²) in [7, 11) is 2.02. The number of anilines is 2. The molecule has 150 valence electrons. The van der Waals surface area contributed by atoms with Crippen molar-refractivity contribution in [2.24, 2.45) is 0 Å². The molecule has 0 spiro atoms. The number of amides is 1. The zero-order valence-corrected chi connectivity index (χ0v) is 17.0. The van der Waals surface area contributed by atoms with Gasteiger partial charge in [-0.25, -0.2) is 4.98 Å². The van der Waals surface area contributed by atoms with Crippen LogP contribution in [0.4, 0.5) is 11.4 Å². The molecule has 1 N–H and O–H groups in total. The smallest absolute Gasteiger partial charge is 0.256 e. The molecular formula is C25H23N3O2. The minimum atomic E-state index is -0.207. The Kier molecular flexibility index (Phi) is 5.61. The summed E-state index contributed by atoms with van der Waals surface area (Å²) in [6.07, 6.45) is 1.68. The van der Waals surface area contributed by atoms with Gasteiger partial charge in [-0.2, -0.15) is 0 Å². The predicted molar refractivity (Wildman–Crippen MR) is 121 cm³/mol. The van der Waals surface area contributed by atoms with Crippen molar-refractivity contribution in [2.45, 2.75) is 6.92 Å². The van der Waals surface area contributed by atoms with Gasteiger partial charge in [0.15, 0.2) is 5.76 Å². The SMILES string of the molecule is CCN(C)c1cccc(NC(=O)c2ccccc2-c2ncc(-c3ccccc3)o2)c1. The van der Waals surface area contributed by atoms with Gasteiger partial charge in [0.25, 0.3) is 5.91 Å². The Morgan fingerprint density at radius 2 is 1.77 bits per heavy atom. The molecule has 0 radical (unpaired) electrons. The average Bonchev–Trinajstić information content (AvgIpc) is 3.29. The van der Waals surface area contributed by atoms with E-state index in [4.69, 9.17) is 4.42 Å². The zero-order valence-electron chi connectivity index (χ0n) is 17.0. The molecule has 1 aromatic heterocycles. The van der Waals surface area contributed by atoms with Crippen LogP contribution in [0.15, 0.2) is 89.5 Å². The van der Waals surface area contributed by atoms with Crippen LogP contribution in [-0.2, 0) is 0 Å². The van der Waals surface area contributed by atoms with Crippen molar-refractivity contribution in [1.29, 1.82) is 0 Å². The third kappa shape index (κ3) is 4.10. The fourth-order valence-corrected chi connectivity index (χ4v) is 3.20. The standard InChI is InChI=1S/C25H23N3O2/c1-3-28(2)20-13-9-12-19(16-20)27-24(29)21-14-7-8-15-22(21)25-26-17-23(30-25)18-10-5-4-6-11-18/h4-17H,3H2,1-2H3,(H,27,29). The number of nitrogens with zero attached hydrogens (tertiary/aromatic N) is 2. The van der Waals surface area contributed by atoms with Gasteiger partial charge in [0.05, 0.1) is 11.8 Å². The molecule has 5 heteroatoms. The lowest BCUT2D eigenvalue weighted by Crippen LogP contribution is -2.17. The summed E-state index contributed by atoms with van der Waals surface area (Å²) >= 11 is 0. The van der Waals surface area contributed by atoms with Crippen LogP contribution in [0.25, 0.3) is 22.8 Å². The second-order valence-electron chi connectivity index (χ2n) is 6.96. The van der Waals surface area contributed by atoms with Crippen molar-refractivity contribution < 1.29 is 9.21 Å². The highest BCUT2D eigenvalue weighted by Crippen LogP contribution is 2.29. The normalized spacial score (nSPS) is 10.6. The number of nitrogens with one attached hydrogen (secondary N) is 1. The molecule has 0 bridgehead atoms. The Hall–Kier alpha value is -3.86. The van der Waals surface area contributed by atoms with Crippen LogP contribution >= 0.6 is 0 Å². The van der Waals surface area contributed by atoms with E-state index in [1.54, 1.807) is 12.3 Å². The number of carbonyl (C=O) groups is 1. The Labute approximate surface area is 176 Å². The van der Waals surface area contributed by atoms with Gasteiger partial charge in [-0.1, -0.05) is 48.5 Å². The van der Waals surface area contributed by atoms with Crippen molar-refractivity contribution in [3.63, 3.8) is 0 Å². The fourth-order valence-electron chi connectivity index (χ4n) is 3.20. The van der Waals surface area contributed by atoms with Crippen LogP contribution in [-0.4, -0.2) is 24.5 Å². The third-order valence-corrected chi connectivity index (χ3v) is 4.99. The first-order valence-corrected chi connectivity index (χ1v) is 9.89. The van der Waals surface area contributed by atoms with E-state index in [-0.39, 0.29) is 5.91 Å². The first-order valence-electron chi connectivity index (χ1n) is 9.89. The molecule has 0 saturated carbocycles. The molecule has 3 aromatic carbocycles. The van der Waals surface area contributed by atoms with E-state index in [1.165, 1.54) is 0 Å². The largest absolute Gasteiger partial charge is 0.436 e. The first-order chi connectivity index (χ1) is 14.7. The number of hydrogen-bond donors (Lipinski definition) is 1. The molecule has 4 rings (SSSR count). The first kappa shape index (κ1) is 19.5. The highest BCUT2D eigenvalue weighted by Gasteiger charge is 2.17. The Morgan fingerprint density at radius 3 is 2.57 bits per heavy atom. The zero-order chi connectivity index (χ0) is 20.9. The molecule has 0 aliphatic heterocycles. The number of oxazole rings is 1. The second kappa shape index (κ2) is 8.66. The number of aromatic nitrogens is 1. The van der Waals surface area contributed by atoms with Gasteiger partial charge < -0.3 is 14.6 Å². The lowest BCUT2D eigenvalue weighted by molar-refractivity contribution is 0.102. The van der Waals surface area contributed by atoms with Gasteiger partial charge in [0, 0.05) is 36.1 Å². The van der Waals surface area contributed by atoms with Gasteiger partial charge in [0.2, 0.25) is 5.89 Å². The van der Waals surface area contributed by atoms with E-state index < -0.39 is 0 Å². The fraction of sp³-hybridized carbons (Fsp3) is 0.120. The summed E-state index contributed by atoms with van der Waals surface area (Å²) in [5.74, 6) is 0.872. The molecule has 0 fully saturated rings. The van der Waals surface area contributed by atoms with Crippen molar-refractivity contribution in [1.82, 2.24) is 4.98 Å². The van der Waals surface area contributed by atoms with E-state index >= 15 is 0 Å². The monoisotopic (exact) mass is 397 g/mol. The van der Waals surface area contributed by atoms with E-state index in [9.17, 15) is 4.79 Å². The van der Waals surface area contributed by atoms with Gasteiger partial charge in [-0.05, 0) is 37.3 Å². The molecule has 5 nitrogen and oxygen atoms in total. The molecule has 1 heterocycles. The van der Waals surface area contributed by atoms with Crippen LogP contribution in [0.1, 0.15) is 17.3 Å². The highest BCUT2D eigenvalue weighted by molar-refractivity contribution is 6.08. The number of benzene rings is 3. The molecule has 0 saturated heterocycles. The van der Waals surface area contributed by atoms with Gasteiger partial charge in [0.1, 0.15) is 0 Å². The van der Waals surface area contributed by atoms with Crippen LogP contribution in [0.3, 0.4) is 0 Å². The Morgan fingerprint density at radius 1 is 1.00 bits per heavy atom. The van der Waals surface area contributed by atoms with Crippen molar-refractivity contribution in [3.8, 4) is 22.8 Å². The summed E-state index contributed by atoms with van der Waals surface area (Å²) in [5.41, 5.74) is 3.89. The van der Waals surface area contributed by atoms with Crippen LogP contribution < -0.4 is 10.2 Å². The maximum atomic E-state index is 13.0. The topological polar surface area (TPSA) is 58.4 Å². The van der Waals surface area contributed by atoms with E-state index in [2.05, 4.69) is 22.1 Å². The highest BCUT2D eigenvalue weighted by atomic mass is 16.4. The quantitative estimate of drug-likeness (QED) is 0.452. The lowest BCUT2D eigenvalue weighted by Gasteiger charge is -2.17. The van der Waals surface area contributed by atoms with Crippen LogP contribution in [0.5, 0.6) is 0 Å².